The Bertz CT molecular complexity index is 1780. The number of aliphatic hydroxyl groups excluding tert-OH is 2. The second-order valence-electron chi connectivity index (χ2n) is 21.7. The summed E-state index contributed by atoms with van der Waals surface area (Å²) in [6, 6.07) is 0. The highest BCUT2D eigenvalue weighted by molar-refractivity contribution is 5.74. The average molecular weight is 1140 g/mol. The first-order valence-corrected chi connectivity index (χ1v) is 32.2. The van der Waals surface area contributed by atoms with Crippen molar-refractivity contribution < 1.29 is 58.2 Å². The molecule has 0 aromatic carbocycles. The number of esters is 3. The van der Waals surface area contributed by atoms with Crippen molar-refractivity contribution in [3.05, 3.63) is 97.2 Å². The summed E-state index contributed by atoms with van der Waals surface area (Å²) >= 11 is 0. The van der Waals surface area contributed by atoms with E-state index in [1.165, 1.54) is 109 Å². The Morgan fingerprint density at radius 3 is 1.25 bits per heavy atom. The van der Waals surface area contributed by atoms with Crippen molar-refractivity contribution in [2.24, 2.45) is 0 Å². The van der Waals surface area contributed by atoms with Gasteiger partial charge in [0, 0.05) is 19.3 Å². The molecule has 1 heterocycles. The Kier molecular flexibility index (Phi) is 51.7. The fraction of sp³-hybridized carbons (Fsp3) is 0.710. The third-order valence-corrected chi connectivity index (χ3v) is 14.1. The third-order valence-electron chi connectivity index (χ3n) is 14.1. The van der Waals surface area contributed by atoms with Gasteiger partial charge in [0.2, 0.25) is 0 Å². The molecule has 0 spiro atoms. The summed E-state index contributed by atoms with van der Waals surface area (Å²) < 4.78 is 28.4. The molecule has 0 aliphatic carbocycles. The topological polar surface area (TPSA) is 175 Å². The maximum atomic E-state index is 13.2. The molecule has 81 heavy (non-hydrogen) atoms. The number of carbonyl (C=O) groups excluding carboxylic acids is 3. The second kappa shape index (κ2) is 56.1. The normalized spacial score (nSPS) is 18.4. The van der Waals surface area contributed by atoms with Gasteiger partial charge in [0.1, 0.15) is 18.8 Å². The van der Waals surface area contributed by atoms with Crippen molar-refractivity contribution in [1.29, 1.82) is 0 Å². The number of hydrogen-bond acceptors (Lipinski definition) is 11. The van der Waals surface area contributed by atoms with E-state index in [2.05, 4.69) is 99.8 Å². The summed E-state index contributed by atoms with van der Waals surface area (Å²) in [5, 5.41) is 31.5. The van der Waals surface area contributed by atoms with E-state index in [1.807, 2.05) is 18.2 Å². The Labute approximate surface area is 492 Å². The summed E-state index contributed by atoms with van der Waals surface area (Å²) in [4.78, 5) is 51.2. The summed E-state index contributed by atoms with van der Waals surface area (Å²) in [5.41, 5.74) is 0. The smallest absolute Gasteiger partial charge is 0.335 e. The first kappa shape index (κ1) is 74.7. The predicted molar refractivity (Wildman–Crippen MR) is 331 cm³/mol. The lowest BCUT2D eigenvalue weighted by atomic mass is 9.98. The highest BCUT2D eigenvalue weighted by Crippen LogP contribution is 2.26. The monoisotopic (exact) mass is 1130 g/mol. The molecule has 1 aliphatic heterocycles. The average Bonchev–Trinajstić information content (AvgIpc) is 3.54. The number of hydrogen-bond donors (Lipinski definition) is 3. The van der Waals surface area contributed by atoms with E-state index in [4.69, 9.17) is 23.7 Å². The Balaban J connectivity index is 2.69. The van der Waals surface area contributed by atoms with E-state index in [-0.39, 0.29) is 25.9 Å². The highest BCUT2D eigenvalue weighted by Gasteiger charge is 2.50. The van der Waals surface area contributed by atoms with Crippen LogP contribution in [-0.4, -0.2) is 89.2 Å². The number of carboxylic acids is 1. The van der Waals surface area contributed by atoms with Crippen molar-refractivity contribution in [2.75, 3.05) is 13.2 Å². The van der Waals surface area contributed by atoms with Crippen LogP contribution in [0, 0.1) is 0 Å². The van der Waals surface area contributed by atoms with E-state index in [9.17, 15) is 34.5 Å². The number of carbonyl (C=O) groups is 4. The molecule has 0 bridgehead atoms. The zero-order valence-corrected chi connectivity index (χ0v) is 51.0. The SMILES string of the molecule is CC/C=C\C/C=C\C/C=C\C/C=C\C/C=C\C/C=C\CCC(=O)OC1C(OCC(COC(=O)CCCCCCCCCCC/C=C\CCCCCCCC)OC(=O)CCCCCCC/C=C\CCCCCC)OC(C(=O)O)C(O)C1O. The molecule has 0 radical (unpaired) electrons. The highest BCUT2D eigenvalue weighted by atomic mass is 16.7. The third kappa shape index (κ3) is 45.8. The molecule has 1 fully saturated rings. The van der Waals surface area contributed by atoms with Gasteiger partial charge in [0.25, 0.3) is 0 Å². The van der Waals surface area contributed by atoms with Crippen LogP contribution in [0.25, 0.3) is 0 Å². The van der Waals surface area contributed by atoms with E-state index < -0.39 is 67.3 Å². The van der Waals surface area contributed by atoms with Gasteiger partial charge in [0.05, 0.1) is 6.61 Å². The van der Waals surface area contributed by atoms with Gasteiger partial charge in [-0.05, 0) is 109 Å². The second-order valence-corrected chi connectivity index (χ2v) is 21.7. The molecule has 0 saturated carbocycles. The molecule has 1 aliphatic rings. The number of allylic oxidation sites excluding steroid dienone is 16. The van der Waals surface area contributed by atoms with Crippen molar-refractivity contribution in [2.45, 2.75) is 302 Å². The van der Waals surface area contributed by atoms with Gasteiger partial charge in [-0.3, -0.25) is 14.4 Å². The molecule has 6 atom stereocenters. The predicted octanol–water partition coefficient (Wildman–Crippen LogP) is 17.2. The Hall–Kier alpha value is -4.36. The molecular formula is C69H114O12. The molecule has 3 N–H and O–H groups in total. The van der Waals surface area contributed by atoms with E-state index in [0.29, 0.717) is 25.7 Å². The summed E-state index contributed by atoms with van der Waals surface area (Å²) in [7, 11) is 0. The zero-order valence-electron chi connectivity index (χ0n) is 51.0. The van der Waals surface area contributed by atoms with Crippen LogP contribution in [-0.2, 0) is 42.9 Å². The first-order chi connectivity index (χ1) is 39.6. The van der Waals surface area contributed by atoms with Gasteiger partial charge in [0.15, 0.2) is 24.6 Å². The number of carboxylic acid groups (broad SMARTS) is 1. The largest absolute Gasteiger partial charge is 0.479 e. The van der Waals surface area contributed by atoms with Gasteiger partial charge < -0.3 is 39.0 Å². The Morgan fingerprint density at radius 1 is 0.420 bits per heavy atom. The van der Waals surface area contributed by atoms with Crippen LogP contribution in [0.15, 0.2) is 97.2 Å². The standard InChI is InChI=1S/C69H114O12/c1-4-7-10-13-16-19-22-25-27-29-31-33-35-38-40-43-46-49-52-55-61(70)77-58-60(79-62(71)56-53-50-47-44-41-37-24-21-18-15-12-9-6-3)59-78-69-67(65(74)64(73)66(81-69)68(75)76)80-63(72)57-54-51-48-45-42-39-36-34-32-30-28-26-23-20-17-14-11-8-5-2/h8,11,17,20-21,24-28,32,34,39,42,48,51,60,64-67,69,73-74H,4-7,9-10,12-16,18-19,22-23,29-31,33,35-38,40-41,43-47,49-50,52-59H2,1-3H3,(H,75,76)/b11-8-,20-17-,24-21-,27-25-,28-26-,34-32-,42-39-,51-48-. The molecular weight excluding hydrogens is 1020 g/mol. The molecule has 0 amide bonds. The number of ether oxygens (including phenoxy) is 5. The summed E-state index contributed by atoms with van der Waals surface area (Å²) in [6.07, 6.45) is 62.4. The minimum Gasteiger partial charge on any atom is -0.479 e. The Morgan fingerprint density at radius 2 is 0.802 bits per heavy atom. The van der Waals surface area contributed by atoms with Crippen LogP contribution in [0.5, 0.6) is 0 Å². The van der Waals surface area contributed by atoms with Crippen molar-refractivity contribution in [3.8, 4) is 0 Å². The number of rotatable bonds is 54. The fourth-order valence-corrected chi connectivity index (χ4v) is 9.21. The van der Waals surface area contributed by atoms with Gasteiger partial charge in [-0.1, -0.05) is 234 Å². The molecule has 1 rings (SSSR count). The number of aliphatic hydroxyl groups is 2. The van der Waals surface area contributed by atoms with Crippen LogP contribution in [0.4, 0.5) is 0 Å². The van der Waals surface area contributed by atoms with E-state index >= 15 is 0 Å². The van der Waals surface area contributed by atoms with Gasteiger partial charge in [-0.2, -0.15) is 0 Å². The molecule has 1 saturated heterocycles. The summed E-state index contributed by atoms with van der Waals surface area (Å²) in [5.74, 6) is -3.24. The lowest BCUT2D eigenvalue weighted by Crippen LogP contribution is -2.61. The van der Waals surface area contributed by atoms with Crippen LogP contribution < -0.4 is 0 Å². The van der Waals surface area contributed by atoms with Crippen LogP contribution >= 0.6 is 0 Å². The lowest BCUT2D eigenvalue weighted by Gasteiger charge is -2.40. The maximum Gasteiger partial charge on any atom is 0.335 e. The molecule has 12 nitrogen and oxygen atoms in total. The van der Waals surface area contributed by atoms with E-state index in [1.54, 1.807) is 0 Å². The number of aliphatic carboxylic acids is 1. The van der Waals surface area contributed by atoms with Crippen LogP contribution in [0.3, 0.4) is 0 Å². The van der Waals surface area contributed by atoms with Crippen LogP contribution in [0.1, 0.15) is 265 Å². The van der Waals surface area contributed by atoms with Crippen molar-refractivity contribution in [1.82, 2.24) is 0 Å². The van der Waals surface area contributed by atoms with Gasteiger partial charge >= 0.3 is 23.9 Å². The van der Waals surface area contributed by atoms with Crippen molar-refractivity contribution >= 4 is 23.9 Å². The van der Waals surface area contributed by atoms with E-state index in [0.717, 1.165) is 89.9 Å². The molecule has 0 aromatic rings. The minimum absolute atomic E-state index is 0.0688. The van der Waals surface area contributed by atoms with Crippen LogP contribution in [0.2, 0.25) is 0 Å². The van der Waals surface area contributed by atoms with Crippen molar-refractivity contribution in [3.63, 3.8) is 0 Å². The number of unbranched alkanes of at least 4 members (excludes halogenated alkanes) is 24. The van der Waals surface area contributed by atoms with Gasteiger partial charge in [-0.15, -0.1) is 0 Å². The first-order valence-electron chi connectivity index (χ1n) is 32.2. The quantitative estimate of drug-likeness (QED) is 0.0228. The minimum atomic E-state index is -1.93. The molecule has 0 aromatic heterocycles. The zero-order chi connectivity index (χ0) is 58.9. The maximum absolute atomic E-state index is 13.2. The lowest BCUT2D eigenvalue weighted by molar-refractivity contribution is -0.301. The molecule has 6 unspecified atom stereocenters. The molecule has 462 valence electrons. The molecule has 12 heteroatoms. The fourth-order valence-electron chi connectivity index (χ4n) is 9.21. The summed E-state index contributed by atoms with van der Waals surface area (Å²) in [6.45, 7) is 5.84. The van der Waals surface area contributed by atoms with Gasteiger partial charge in [-0.25, -0.2) is 4.79 Å².